The number of hydrogen-bond acceptors (Lipinski definition) is 3. The summed E-state index contributed by atoms with van der Waals surface area (Å²) in [5, 5.41) is 4.48. The van der Waals surface area contributed by atoms with Gasteiger partial charge in [0.1, 0.15) is 10.4 Å². The molecule has 0 spiro atoms. The molecule has 0 unspecified atom stereocenters. The highest BCUT2D eigenvalue weighted by atomic mass is 79.9. The summed E-state index contributed by atoms with van der Waals surface area (Å²) < 4.78 is 3.65. The lowest BCUT2D eigenvalue weighted by molar-refractivity contribution is 0.761. The van der Waals surface area contributed by atoms with Gasteiger partial charge in [0, 0.05) is 12.5 Å². The van der Waals surface area contributed by atoms with E-state index >= 15 is 0 Å². The summed E-state index contributed by atoms with van der Waals surface area (Å²) in [6.45, 7) is 6.10. The second-order valence-electron chi connectivity index (χ2n) is 4.11. The molecular formula is C12H14Br2N4. The fraction of sp³-hybridized carbons (Fsp3) is 0.417. The molecule has 6 heteroatoms. The number of nitrogens with zero attached hydrogens (tertiary/aromatic N) is 4. The van der Waals surface area contributed by atoms with Gasteiger partial charge >= 0.3 is 0 Å². The van der Waals surface area contributed by atoms with E-state index in [4.69, 9.17) is 0 Å². The monoisotopic (exact) mass is 372 g/mol. The van der Waals surface area contributed by atoms with E-state index in [2.05, 4.69) is 53.9 Å². The average Bonchev–Trinajstić information content (AvgIpc) is 2.57. The molecule has 0 fully saturated rings. The summed E-state index contributed by atoms with van der Waals surface area (Å²) in [5.74, 6) is 1.64. The van der Waals surface area contributed by atoms with Gasteiger partial charge in [-0.05, 0) is 52.1 Å². The van der Waals surface area contributed by atoms with Crippen molar-refractivity contribution in [2.75, 3.05) is 0 Å². The van der Waals surface area contributed by atoms with Crippen molar-refractivity contribution in [3.05, 3.63) is 32.4 Å². The molecule has 0 radical (unpaired) electrons. The summed E-state index contributed by atoms with van der Waals surface area (Å²) in [6.07, 6.45) is 1.89. The van der Waals surface area contributed by atoms with Crippen LogP contribution in [0.1, 0.15) is 30.6 Å². The Morgan fingerprint density at radius 3 is 2.50 bits per heavy atom. The Kier molecular flexibility index (Phi) is 4.17. The SMILES string of the molecule is CCCc1nc(Br)cc(-n2nc(C)c(Br)c2C)n1. The van der Waals surface area contributed by atoms with Crippen LogP contribution in [0.5, 0.6) is 0 Å². The summed E-state index contributed by atoms with van der Waals surface area (Å²) in [5.41, 5.74) is 2.00. The molecule has 0 aromatic carbocycles. The standard InChI is InChI=1S/C12H14Br2N4/c1-4-5-10-15-9(13)6-11(16-10)18-8(3)12(14)7(2)17-18/h6H,4-5H2,1-3H3. The first-order valence-electron chi connectivity index (χ1n) is 5.78. The number of aromatic nitrogens is 4. The van der Waals surface area contributed by atoms with Gasteiger partial charge in [0.15, 0.2) is 5.82 Å². The van der Waals surface area contributed by atoms with Gasteiger partial charge in [0.05, 0.1) is 15.9 Å². The van der Waals surface area contributed by atoms with E-state index in [1.165, 1.54) is 0 Å². The molecule has 4 nitrogen and oxygen atoms in total. The molecule has 2 aromatic rings. The van der Waals surface area contributed by atoms with E-state index in [0.717, 1.165) is 44.9 Å². The maximum Gasteiger partial charge on any atom is 0.158 e. The van der Waals surface area contributed by atoms with Crippen LogP contribution in [0.4, 0.5) is 0 Å². The highest BCUT2D eigenvalue weighted by molar-refractivity contribution is 9.10. The lowest BCUT2D eigenvalue weighted by Gasteiger charge is -2.06. The molecule has 0 saturated carbocycles. The Morgan fingerprint density at radius 2 is 1.94 bits per heavy atom. The Hall–Kier alpha value is -0.750. The van der Waals surface area contributed by atoms with E-state index in [-0.39, 0.29) is 0 Å². The van der Waals surface area contributed by atoms with Crippen LogP contribution in [0, 0.1) is 13.8 Å². The normalized spacial score (nSPS) is 10.9. The number of rotatable bonds is 3. The van der Waals surface area contributed by atoms with Crippen LogP contribution >= 0.6 is 31.9 Å². The van der Waals surface area contributed by atoms with Crippen molar-refractivity contribution in [1.29, 1.82) is 0 Å². The van der Waals surface area contributed by atoms with Crippen LogP contribution in [-0.2, 0) is 6.42 Å². The fourth-order valence-corrected chi connectivity index (χ4v) is 2.40. The molecule has 2 aromatic heterocycles. The van der Waals surface area contributed by atoms with E-state index in [1.54, 1.807) is 0 Å². The van der Waals surface area contributed by atoms with Crippen LogP contribution in [0.15, 0.2) is 15.1 Å². The molecule has 18 heavy (non-hydrogen) atoms. The smallest absolute Gasteiger partial charge is 0.158 e. The fourth-order valence-electron chi connectivity index (χ4n) is 1.74. The molecule has 0 N–H and O–H groups in total. The first kappa shape index (κ1) is 13.7. The number of hydrogen-bond donors (Lipinski definition) is 0. The minimum Gasteiger partial charge on any atom is -0.226 e. The summed E-state index contributed by atoms with van der Waals surface area (Å²) in [6, 6.07) is 1.88. The van der Waals surface area contributed by atoms with Crippen LogP contribution in [0.25, 0.3) is 5.82 Å². The van der Waals surface area contributed by atoms with Crippen molar-refractivity contribution in [1.82, 2.24) is 19.7 Å². The minimum absolute atomic E-state index is 0.791. The van der Waals surface area contributed by atoms with Gasteiger partial charge in [0.25, 0.3) is 0 Å². The Morgan fingerprint density at radius 1 is 1.22 bits per heavy atom. The van der Waals surface area contributed by atoms with E-state index in [1.807, 2.05) is 24.6 Å². The second kappa shape index (κ2) is 5.48. The molecule has 0 aliphatic carbocycles. The molecule has 0 amide bonds. The zero-order valence-electron chi connectivity index (χ0n) is 10.5. The lowest BCUT2D eigenvalue weighted by atomic mass is 10.3. The van der Waals surface area contributed by atoms with Crippen molar-refractivity contribution < 1.29 is 0 Å². The largest absolute Gasteiger partial charge is 0.226 e. The van der Waals surface area contributed by atoms with Crippen molar-refractivity contribution in [2.24, 2.45) is 0 Å². The zero-order valence-corrected chi connectivity index (χ0v) is 13.7. The van der Waals surface area contributed by atoms with Crippen molar-refractivity contribution in [3.63, 3.8) is 0 Å². The summed E-state index contributed by atoms with van der Waals surface area (Å²) in [4.78, 5) is 8.91. The van der Waals surface area contributed by atoms with Crippen molar-refractivity contribution in [2.45, 2.75) is 33.6 Å². The molecule has 0 aliphatic heterocycles. The van der Waals surface area contributed by atoms with E-state index in [9.17, 15) is 0 Å². The first-order chi connectivity index (χ1) is 8.52. The first-order valence-corrected chi connectivity index (χ1v) is 7.37. The highest BCUT2D eigenvalue weighted by Crippen LogP contribution is 2.23. The third-order valence-corrected chi connectivity index (χ3v) is 4.18. The Balaban J connectivity index is 2.52. The lowest BCUT2D eigenvalue weighted by Crippen LogP contribution is -2.06. The van der Waals surface area contributed by atoms with Gasteiger partial charge in [-0.25, -0.2) is 14.6 Å². The number of aryl methyl sites for hydroxylation is 2. The Labute approximate surface area is 123 Å². The second-order valence-corrected chi connectivity index (χ2v) is 5.72. The van der Waals surface area contributed by atoms with Gasteiger partial charge < -0.3 is 0 Å². The molecule has 0 saturated heterocycles. The highest BCUT2D eigenvalue weighted by Gasteiger charge is 2.12. The van der Waals surface area contributed by atoms with Crippen molar-refractivity contribution in [3.8, 4) is 5.82 Å². The molecule has 2 heterocycles. The third kappa shape index (κ3) is 2.64. The van der Waals surface area contributed by atoms with Crippen LogP contribution in [-0.4, -0.2) is 19.7 Å². The van der Waals surface area contributed by atoms with E-state index in [0.29, 0.717) is 0 Å². The molecular weight excluding hydrogens is 360 g/mol. The Bertz CT molecular complexity index is 578. The molecule has 0 aliphatic rings. The van der Waals surface area contributed by atoms with Gasteiger partial charge in [0.2, 0.25) is 0 Å². The molecule has 0 bridgehead atoms. The summed E-state index contributed by atoms with van der Waals surface area (Å²) in [7, 11) is 0. The predicted octanol–water partition coefficient (Wildman–Crippen LogP) is 3.76. The molecule has 0 atom stereocenters. The minimum atomic E-state index is 0.791. The van der Waals surface area contributed by atoms with Gasteiger partial charge in [-0.3, -0.25) is 0 Å². The van der Waals surface area contributed by atoms with E-state index < -0.39 is 0 Å². The number of halogens is 2. The predicted molar refractivity (Wildman–Crippen MR) is 78.0 cm³/mol. The van der Waals surface area contributed by atoms with Crippen LogP contribution in [0.3, 0.4) is 0 Å². The maximum atomic E-state index is 4.55. The van der Waals surface area contributed by atoms with Crippen LogP contribution in [0.2, 0.25) is 0 Å². The van der Waals surface area contributed by atoms with Gasteiger partial charge in [-0.1, -0.05) is 6.92 Å². The molecule has 96 valence electrons. The van der Waals surface area contributed by atoms with Crippen LogP contribution < -0.4 is 0 Å². The molecule has 2 rings (SSSR count). The zero-order chi connectivity index (χ0) is 13.3. The van der Waals surface area contributed by atoms with Gasteiger partial charge in [-0.15, -0.1) is 0 Å². The maximum absolute atomic E-state index is 4.55. The average molecular weight is 374 g/mol. The third-order valence-electron chi connectivity index (χ3n) is 2.62. The van der Waals surface area contributed by atoms with Gasteiger partial charge in [-0.2, -0.15) is 5.10 Å². The summed E-state index contributed by atoms with van der Waals surface area (Å²) >= 11 is 6.95. The quantitative estimate of drug-likeness (QED) is 0.769. The van der Waals surface area contributed by atoms with Crippen molar-refractivity contribution >= 4 is 31.9 Å². The topological polar surface area (TPSA) is 43.6 Å².